The standard InChI is InChI=1S/C19H17F3N4O3/c1-11(2)17-24-18(29-25-17)14-8-5-9-16(28)26(14)10-15(27)23-13-7-4-3-6-12(13)19(20,21)22/h3-9,11H,10H2,1-2H3,(H,23,27). The molecule has 0 saturated carbocycles. The molecule has 152 valence electrons. The lowest BCUT2D eigenvalue weighted by Gasteiger charge is -2.14. The number of pyridine rings is 1. The van der Waals surface area contributed by atoms with E-state index in [1.54, 1.807) is 0 Å². The molecular formula is C19H17F3N4O3. The van der Waals surface area contributed by atoms with Crippen LogP contribution in [0.25, 0.3) is 11.6 Å². The number of nitrogens with one attached hydrogen (secondary N) is 1. The Morgan fingerprint density at radius 3 is 2.55 bits per heavy atom. The summed E-state index contributed by atoms with van der Waals surface area (Å²) in [4.78, 5) is 28.9. The Hall–Kier alpha value is -3.43. The van der Waals surface area contributed by atoms with Crippen molar-refractivity contribution >= 4 is 11.6 Å². The van der Waals surface area contributed by atoms with Crippen LogP contribution in [0.3, 0.4) is 0 Å². The van der Waals surface area contributed by atoms with Gasteiger partial charge < -0.3 is 9.84 Å². The van der Waals surface area contributed by atoms with Gasteiger partial charge in [0.05, 0.1) is 11.3 Å². The highest BCUT2D eigenvalue weighted by Gasteiger charge is 2.33. The van der Waals surface area contributed by atoms with Gasteiger partial charge in [0.15, 0.2) is 5.82 Å². The molecule has 29 heavy (non-hydrogen) atoms. The fourth-order valence-corrected chi connectivity index (χ4v) is 2.62. The number of hydrogen-bond acceptors (Lipinski definition) is 5. The highest BCUT2D eigenvalue weighted by molar-refractivity contribution is 5.91. The molecule has 2 aromatic heterocycles. The molecule has 1 aromatic carbocycles. The van der Waals surface area contributed by atoms with Gasteiger partial charge in [-0.15, -0.1) is 0 Å². The van der Waals surface area contributed by atoms with Crippen LogP contribution in [0, 0.1) is 0 Å². The molecule has 0 aliphatic carbocycles. The lowest BCUT2D eigenvalue weighted by atomic mass is 10.1. The minimum atomic E-state index is -4.63. The Balaban J connectivity index is 1.89. The van der Waals surface area contributed by atoms with Gasteiger partial charge in [-0.2, -0.15) is 18.2 Å². The Morgan fingerprint density at radius 2 is 1.90 bits per heavy atom. The molecule has 10 heteroatoms. The summed E-state index contributed by atoms with van der Waals surface area (Å²) in [6, 6.07) is 8.79. The first kappa shape index (κ1) is 20.3. The normalized spacial score (nSPS) is 11.7. The largest absolute Gasteiger partial charge is 0.418 e. The number of aromatic nitrogens is 3. The predicted octanol–water partition coefficient (Wildman–Crippen LogP) is 3.68. The second-order valence-electron chi connectivity index (χ2n) is 6.54. The first-order valence-electron chi connectivity index (χ1n) is 8.66. The SMILES string of the molecule is CC(C)c1noc(-c2cccc(=O)n2CC(=O)Nc2ccccc2C(F)(F)F)n1. The van der Waals surface area contributed by atoms with E-state index in [9.17, 15) is 22.8 Å². The zero-order chi connectivity index (χ0) is 21.2. The highest BCUT2D eigenvalue weighted by Crippen LogP contribution is 2.34. The highest BCUT2D eigenvalue weighted by atomic mass is 19.4. The van der Waals surface area contributed by atoms with Crippen LogP contribution in [0.15, 0.2) is 51.8 Å². The predicted molar refractivity (Wildman–Crippen MR) is 98.2 cm³/mol. The van der Waals surface area contributed by atoms with Crippen LogP contribution in [0.2, 0.25) is 0 Å². The van der Waals surface area contributed by atoms with Crippen LogP contribution in [0.1, 0.15) is 31.2 Å². The van der Waals surface area contributed by atoms with Gasteiger partial charge >= 0.3 is 6.18 Å². The molecule has 0 bridgehead atoms. The van der Waals surface area contributed by atoms with Crippen molar-refractivity contribution in [2.45, 2.75) is 32.5 Å². The average Bonchev–Trinajstić information content (AvgIpc) is 3.13. The molecule has 7 nitrogen and oxygen atoms in total. The Labute approximate surface area is 163 Å². The van der Waals surface area contributed by atoms with E-state index in [-0.39, 0.29) is 17.5 Å². The summed E-state index contributed by atoms with van der Waals surface area (Å²) in [6.45, 7) is 3.19. The molecule has 0 aliphatic heterocycles. The van der Waals surface area contributed by atoms with Gasteiger partial charge in [0.25, 0.3) is 11.4 Å². The van der Waals surface area contributed by atoms with E-state index < -0.39 is 35.4 Å². The minimum Gasteiger partial charge on any atom is -0.332 e. The van der Waals surface area contributed by atoms with Crippen LogP contribution in [0.5, 0.6) is 0 Å². The maximum Gasteiger partial charge on any atom is 0.418 e. The zero-order valence-corrected chi connectivity index (χ0v) is 15.5. The first-order chi connectivity index (χ1) is 13.7. The van der Waals surface area contributed by atoms with Crippen LogP contribution in [-0.4, -0.2) is 20.6 Å². The van der Waals surface area contributed by atoms with Gasteiger partial charge in [0, 0.05) is 12.0 Å². The van der Waals surface area contributed by atoms with E-state index in [1.165, 1.54) is 30.3 Å². The van der Waals surface area contributed by atoms with Crippen LogP contribution >= 0.6 is 0 Å². The topological polar surface area (TPSA) is 90.0 Å². The average molecular weight is 406 g/mol. The molecule has 0 saturated heterocycles. The fourth-order valence-electron chi connectivity index (χ4n) is 2.62. The maximum atomic E-state index is 13.1. The van der Waals surface area contributed by atoms with Gasteiger partial charge in [0.2, 0.25) is 5.91 Å². The van der Waals surface area contributed by atoms with Crippen molar-refractivity contribution in [3.05, 3.63) is 64.2 Å². The van der Waals surface area contributed by atoms with E-state index in [4.69, 9.17) is 4.52 Å². The van der Waals surface area contributed by atoms with E-state index in [2.05, 4.69) is 15.5 Å². The third-order valence-corrected chi connectivity index (χ3v) is 4.04. The molecular weight excluding hydrogens is 389 g/mol. The van der Waals surface area contributed by atoms with E-state index >= 15 is 0 Å². The first-order valence-corrected chi connectivity index (χ1v) is 8.66. The summed E-state index contributed by atoms with van der Waals surface area (Å²) in [5, 5.41) is 6.03. The third kappa shape index (κ3) is 4.53. The molecule has 1 amide bonds. The van der Waals surface area contributed by atoms with Crippen LogP contribution in [-0.2, 0) is 17.5 Å². The van der Waals surface area contributed by atoms with Crippen molar-refractivity contribution in [3.8, 4) is 11.6 Å². The maximum absolute atomic E-state index is 13.1. The molecule has 0 aliphatic rings. The molecule has 3 aromatic rings. The third-order valence-electron chi connectivity index (χ3n) is 4.04. The summed E-state index contributed by atoms with van der Waals surface area (Å²) in [7, 11) is 0. The summed E-state index contributed by atoms with van der Waals surface area (Å²) in [6.07, 6.45) is -4.63. The number of anilines is 1. The molecule has 2 heterocycles. The fraction of sp³-hybridized carbons (Fsp3) is 0.263. The lowest BCUT2D eigenvalue weighted by Crippen LogP contribution is -2.28. The summed E-state index contributed by atoms with van der Waals surface area (Å²) in [5.41, 5.74) is -1.72. The van der Waals surface area contributed by atoms with Gasteiger partial charge in [-0.25, -0.2) is 0 Å². The van der Waals surface area contributed by atoms with E-state index in [0.717, 1.165) is 16.7 Å². The van der Waals surface area contributed by atoms with Gasteiger partial charge in [0.1, 0.15) is 12.2 Å². The second kappa shape index (κ2) is 7.90. The van der Waals surface area contributed by atoms with Crippen molar-refractivity contribution in [3.63, 3.8) is 0 Å². The minimum absolute atomic E-state index is 0.0152. The van der Waals surface area contributed by atoms with Crippen molar-refractivity contribution in [1.82, 2.24) is 14.7 Å². The van der Waals surface area contributed by atoms with Gasteiger partial charge in [-0.1, -0.05) is 37.2 Å². The number of halogens is 3. The van der Waals surface area contributed by atoms with Crippen molar-refractivity contribution in [2.75, 3.05) is 5.32 Å². The Kier molecular flexibility index (Phi) is 5.53. The molecule has 0 unspecified atom stereocenters. The number of para-hydroxylation sites is 1. The summed E-state index contributed by atoms with van der Waals surface area (Å²) < 4.78 is 45.6. The molecule has 0 fully saturated rings. The van der Waals surface area contributed by atoms with E-state index in [0.29, 0.717) is 5.82 Å². The number of carbonyl (C=O) groups excluding carboxylic acids is 1. The second-order valence-corrected chi connectivity index (χ2v) is 6.54. The smallest absolute Gasteiger partial charge is 0.332 e. The number of benzene rings is 1. The van der Waals surface area contributed by atoms with Gasteiger partial charge in [-0.3, -0.25) is 14.2 Å². The number of hydrogen-bond donors (Lipinski definition) is 1. The van der Waals surface area contributed by atoms with Crippen molar-refractivity contribution in [2.24, 2.45) is 0 Å². The number of rotatable bonds is 5. The molecule has 0 spiro atoms. The quantitative estimate of drug-likeness (QED) is 0.698. The summed E-state index contributed by atoms with van der Waals surface area (Å²) >= 11 is 0. The monoisotopic (exact) mass is 406 g/mol. The summed E-state index contributed by atoms with van der Waals surface area (Å²) in [5.74, 6) is -0.361. The van der Waals surface area contributed by atoms with Gasteiger partial charge in [-0.05, 0) is 18.2 Å². The number of carbonyl (C=O) groups is 1. The number of alkyl halides is 3. The van der Waals surface area contributed by atoms with Crippen molar-refractivity contribution < 1.29 is 22.5 Å². The Morgan fingerprint density at radius 1 is 1.17 bits per heavy atom. The number of nitrogens with zero attached hydrogens (tertiary/aromatic N) is 3. The zero-order valence-electron chi connectivity index (χ0n) is 15.5. The number of amides is 1. The van der Waals surface area contributed by atoms with Crippen LogP contribution in [0.4, 0.5) is 18.9 Å². The Bertz CT molecular complexity index is 1090. The molecule has 0 atom stereocenters. The molecule has 1 N–H and O–H groups in total. The lowest BCUT2D eigenvalue weighted by molar-refractivity contribution is -0.137. The molecule has 0 radical (unpaired) electrons. The molecule has 3 rings (SSSR count). The van der Waals surface area contributed by atoms with Crippen LogP contribution < -0.4 is 10.9 Å². The van der Waals surface area contributed by atoms with Crippen molar-refractivity contribution in [1.29, 1.82) is 0 Å². The van der Waals surface area contributed by atoms with E-state index in [1.807, 2.05) is 13.8 Å².